The maximum absolute atomic E-state index is 12.5. The number of nitrogens with zero attached hydrogens (tertiary/aromatic N) is 1. The number of hydrogen-bond donors (Lipinski definition) is 0. The van der Waals surface area contributed by atoms with E-state index in [1.807, 2.05) is 0 Å². The van der Waals surface area contributed by atoms with Crippen molar-refractivity contribution in [3.63, 3.8) is 0 Å². The molecule has 1 aromatic carbocycles. The highest BCUT2D eigenvalue weighted by molar-refractivity contribution is 6.64. The van der Waals surface area contributed by atoms with Crippen molar-refractivity contribution in [3.05, 3.63) is 47.1 Å². The Labute approximate surface area is 157 Å². The van der Waals surface area contributed by atoms with Gasteiger partial charge in [0.1, 0.15) is 16.5 Å². The first-order chi connectivity index (χ1) is 11.2. The molecule has 1 heterocycles. The number of ether oxygens (including phenoxy) is 2. The van der Waals surface area contributed by atoms with Crippen molar-refractivity contribution in [2.75, 3.05) is 0 Å². The predicted molar refractivity (Wildman–Crippen MR) is 89.0 cm³/mol. The number of benzene rings is 1. The summed E-state index contributed by atoms with van der Waals surface area (Å²) in [7, 11) is 0. The Kier molecular flexibility index (Phi) is 7.34. The topological polar surface area (TPSA) is 48.4 Å². The number of carbonyl (C=O) groups excluding carboxylic acids is 1. The molecule has 0 aliphatic heterocycles. The Morgan fingerprint density at radius 3 is 2.24 bits per heavy atom. The fourth-order valence-corrected chi connectivity index (χ4v) is 1.85. The first-order valence-electron chi connectivity index (χ1n) is 6.53. The van der Waals surface area contributed by atoms with Gasteiger partial charge in [0.2, 0.25) is 5.88 Å². The average molecular weight is 417 g/mol. The van der Waals surface area contributed by atoms with Crippen molar-refractivity contribution in [1.82, 2.24) is 4.98 Å². The number of rotatable bonds is 5. The molecule has 1 unspecified atom stereocenters. The molecule has 0 radical (unpaired) electrons. The summed E-state index contributed by atoms with van der Waals surface area (Å²) >= 11 is 11.0. The Bertz CT molecular complexity index is 739. The van der Waals surface area contributed by atoms with Gasteiger partial charge in [0.25, 0.3) is 5.24 Å². The van der Waals surface area contributed by atoms with Gasteiger partial charge < -0.3 is 9.47 Å². The van der Waals surface area contributed by atoms with Crippen molar-refractivity contribution < 1.29 is 27.4 Å². The quantitative estimate of drug-likeness (QED) is 0.604. The molecule has 2 aromatic rings. The fraction of sp³-hybridized carbons (Fsp3) is 0.200. The first kappa shape index (κ1) is 21.3. The van der Waals surface area contributed by atoms with Crippen LogP contribution in [0.15, 0.2) is 36.5 Å². The van der Waals surface area contributed by atoms with E-state index in [9.17, 15) is 18.0 Å². The number of pyridine rings is 1. The van der Waals surface area contributed by atoms with Crippen molar-refractivity contribution >= 4 is 40.9 Å². The molecule has 2 rings (SSSR count). The Hall–Kier alpha value is -1.70. The number of halogens is 6. The van der Waals surface area contributed by atoms with E-state index >= 15 is 0 Å². The molecule has 0 amide bonds. The maximum atomic E-state index is 12.5. The molecule has 4 nitrogen and oxygen atoms in total. The molecular formula is C15H11Cl3F3NO3. The van der Waals surface area contributed by atoms with Crippen LogP contribution in [0, 0.1) is 0 Å². The fourth-order valence-electron chi connectivity index (χ4n) is 1.60. The highest BCUT2D eigenvalue weighted by Gasteiger charge is 2.31. The van der Waals surface area contributed by atoms with E-state index in [0.717, 1.165) is 6.07 Å². The van der Waals surface area contributed by atoms with Gasteiger partial charge >= 0.3 is 6.18 Å². The van der Waals surface area contributed by atoms with Crippen LogP contribution in [0.2, 0.25) is 5.02 Å². The van der Waals surface area contributed by atoms with Crippen LogP contribution in [0.3, 0.4) is 0 Å². The van der Waals surface area contributed by atoms with Gasteiger partial charge in [-0.15, -0.1) is 12.4 Å². The van der Waals surface area contributed by atoms with Crippen molar-refractivity contribution in [2.24, 2.45) is 0 Å². The van der Waals surface area contributed by atoms with E-state index in [1.54, 1.807) is 0 Å². The summed E-state index contributed by atoms with van der Waals surface area (Å²) in [5.74, 6) is 0.485. The van der Waals surface area contributed by atoms with Gasteiger partial charge in [-0.25, -0.2) is 4.98 Å². The molecular weight excluding hydrogens is 406 g/mol. The van der Waals surface area contributed by atoms with Gasteiger partial charge in [0.05, 0.1) is 5.56 Å². The molecule has 10 heteroatoms. The zero-order valence-corrected chi connectivity index (χ0v) is 14.8. The summed E-state index contributed by atoms with van der Waals surface area (Å²) in [4.78, 5) is 14.5. The highest BCUT2D eigenvalue weighted by atomic mass is 35.5. The Morgan fingerprint density at radius 1 is 1.20 bits per heavy atom. The van der Waals surface area contributed by atoms with Crippen LogP contribution in [0.5, 0.6) is 17.4 Å². The molecule has 0 saturated carbocycles. The molecule has 0 bridgehead atoms. The van der Waals surface area contributed by atoms with Crippen LogP contribution < -0.4 is 9.47 Å². The lowest BCUT2D eigenvalue weighted by Gasteiger charge is -2.12. The highest BCUT2D eigenvalue weighted by Crippen LogP contribution is 2.34. The Morgan fingerprint density at radius 2 is 1.76 bits per heavy atom. The van der Waals surface area contributed by atoms with Crippen LogP contribution in [0.25, 0.3) is 0 Å². The molecule has 1 aromatic heterocycles. The van der Waals surface area contributed by atoms with Gasteiger partial charge in [-0.3, -0.25) is 4.79 Å². The second-order valence-corrected chi connectivity index (χ2v) is 5.43. The number of hydrogen-bond acceptors (Lipinski definition) is 4. The summed E-state index contributed by atoms with van der Waals surface area (Å²) < 4.78 is 48.2. The Balaban J connectivity index is 0.00000312. The van der Waals surface area contributed by atoms with Gasteiger partial charge in [0, 0.05) is 6.20 Å². The second kappa shape index (κ2) is 8.60. The zero-order valence-electron chi connectivity index (χ0n) is 12.5. The van der Waals surface area contributed by atoms with E-state index in [4.69, 9.17) is 32.7 Å². The van der Waals surface area contributed by atoms with Crippen molar-refractivity contribution in [3.8, 4) is 17.4 Å². The van der Waals surface area contributed by atoms with Crippen LogP contribution >= 0.6 is 35.6 Å². The molecule has 0 N–H and O–H groups in total. The van der Waals surface area contributed by atoms with Crippen molar-refractivity contribution in [1.29, 1.82) is 0 Å². The lowest BCUT2D eigenvalue weighted by atomic mass is 10.3. The molecule has 0 spiro atoms. The summed E-state index contributed by atoms with van der Waals surface area (Å²) in [6.45, 7) is 1.49. The molecule has 0 saturated heterocycles. The summed E-state index contributed by atoms with van der Waals surface area (Å²) in [6.07, 6.45) is -4.72. The first-order valence-corrected chi connectivity index (χ1v) is 7.29. The van der Waals surface area contributed by atoms with Gasteiger partial charge in [0.15, 0.2) is 6.10 Å². The van der Waals surface area contributed by atoms with E-state index in [2.05, 4.69) is 4.98 Å². The number of alkyl halides is 3. The third kappa shape index (κ3) is 5.95. The van der Waals surface area contributed by atoms with E-state index < -0.39 is 23.1 Å². The molecule has 1 atom stereocenters. The van der Waals surface area contributed by atoms with Crippen molar-refractivity contribution in [2.45, 2.75) is 19.2 Å². The minimum absolute atomic E-state index is 0. The summed E-state index contributed by atoms with van der Waals surface area (Å²) in [6, 6.07) is 6.70. The lowest BCUT2D eigenvalue weighted by Crippen LogP contribution is -2.18. The van der Waals surface area contributed by atoms with E-state index in [1.165, 1.54) is 31.2 Å². The zero-order chi connectivity index (χ0) is 17.9. The molecule has 0 aliphatic carbocycles. The molecule has 0 fully saturated rings. The normalized spacial score (nSPS) is 12.1. The van der Waals surface area contributed by atoms with Crippen LogP contribution in [-0.2, 0) is 11.0 Å². The van der Waals surface area contributed by atoms with Gasteiger partial charge in [-0.2, -0.15) is 13.2 Å². The largest absolute Gasteiger partial charge is 0.482 e. The second-order valence-electron chi connectivity index (χ2n) is 4.65. The predicted octanol–water partition coefficient (Wildman–Crippen LogP) is 5.50. The average Bonchev–Trinajstić information content (AvgIpc) is 2.50. The minimum Gasteiger partial charge on any atom is -0.482 e. The molecule has 25 heavy (non-hydrogen) atoms. The SMILES string of the molecule is CC(Oc1ccc(Oc2ncc(C(F)(F)F)cc2Cl)cc1)C(=O)Cl.Cl. The third-order valence-electron chi connectivity index (χ3n) is 2.81. The van der Waals surface area contributed by atoms with Crippen LogP contribution in [0.4, 0.5) is 13.2 Å². The van der Waals surface area contributed by atoms with Gasteiger partial charge in [-0.05, 0) is 48.9 Å². The summed E-state index contributed by atoms with van der Waals surface area (Å²) in [5, 5.41) is -0.914. The third-order valence-corrected chi connectivity index (χ3v) is 3.38. The van der Waals surface area contributed by atoms with Crippen LogP contribution in [-0.4, -0.2) is 16.3 Å². The minimum atomic E-state index is -4.54. The molecule has 0 aliphatic rings. The standard InChI is InChI=1S/C15H10Cl2F3NO3.ClH/c1-8(13(17)22)23-10-2-4-11(5-3-10)24-14-12(16)6-9(7-21-14)15(18,19)20;/h2-8H,1H3;1H. The van der Waals surface area contributed by atoms with E-state index in [-0.39, 0.29) is 29.1 Å². The molecule has 136 valence electrons. The smallest absolute Gasteiger partial charge is 0.417 e. The number of aromatic nitrogens is 1. The van der Waals surface area contributed by atoms with Crippen LogP contribution in [0.1, 0.15) is 12.5 Å². The van der Waals surface area contributed by atoms with Gasteiger partial charge in [-0.1, -0.05) is 11.6 Å². The lowest BCUT2D eigenvalue weighted by molar-refractivity contribution is -0.137. The monoisotopic (exact) mass is 415 g/mol. The summed E-state index contributed by atoms with van der Waals surface area (Å²) in [5.41, 5.74) is -0.969. The van der Waals surface area contributed by atoms with E-state index in [0.29, 0.717) is 11.9 Å². The maximum Gasteiger partial charge on any atom is 0.417 e. The number of carbonyl (C=O) groups is 1.